The third kappa shape index (κ3) is 8.77. The number of rotatable bonds is 13. The van der Waals surface area contributed by atoms with Crippen LogP contribution in [0.3, 0.4) is 0 Å². The van der Waals surface area contributed by atoms with Crippen LogP contribution in [-0.2, 0) is 0 Å². The van der Waals surface area contributed by atoms with E-state index in [4.69, 9.17) is 6.58 Å². The average Bonchev–Trinajstić information content (AvgIpc) is 2.25. The van der Waals surface area contributed by atoms with Crippen molar-refractivity contribution in [1.29, 1.82) is 0 Å². The minimum atomic E-state index is 0.915. The van der Waals surface area contributed by atoms with Gasteiger partial charge in [-0.15, -0.1) is 0 Å². The van der Waals surface area contributed by atoms with Gasteiger partial charge in [-0.1, -0.05) is 238 Å². The summed E-state index contributed by atoms with van der Waals surface area (Å²) in [5.74, 6) is 0. The molecular formula is C84H58N4. The lowest BCUT2D eigenvalue weighted by Crippen LogP contribution is -2.12. The van der Waals surface area contributed by atoms with Gasteiger partial charge in [0.25, 0.3) is 0 Å². The molecule has 0 atom stereocenters. The van der Waals surface area contributed by atoms with Gasteiger partial charge in [-0.25, -0.2) is 0 Å². The summed E-state index contributed by atoms with van der Waals surface area (Å²) in [6, 6.07) is 104. The highest BCUT2D eigenvalue weighted by Gasteiger charge is 2.24. The Balaban J connectivity index is 0.876. The van der Waals surface area contributed by atoms with E-state index >= 15 is 0 Å². The van der Waals surface area contributed by atoms with Crippen molar-refractivity contribution in [1.82, 2.24) is 13.7 Å². The van der Waals surface area contributed by atoms with Crippen molar-refractivity contribution in [2.75, 3.05) is 4.90 Å². The van der Waals surface area contributed by atoms with Gasteiger partial charge in [-0.3, -0.25) is 0 Å². The Hall–Kier alpha value is -11.7. The molecule has 0 N–H and O–H groups in total. The number of aromatic nitrogens is 3. The molecule has 13 aromatic carbocycles. The predicted octanol–water partition coefficient (Wildman–Crippen LogP) is 22.9. The highest BCUT2D eigenvalue weighted by Crippen LogP contribution is 2.49. The Morgan fingerprint density at radius 3 is 1.20 bits per heavy atom. The van der Waals surface area contributed by atoms with Crippen LogP contribution in [0.5, 0.6) is 0 Å². The van der Waals surface area contributed by atoms with E-state index in [-0.39, 0.29) is 0 Å². The summed E-state index contributed by atoms with van der Waals surface area (Å²) >= 11 is 0. The van der Waals surface area contributed by atoms with E-state index in [9.17, 15) is 0 Å². The first-order chi connectivity index (χ1) is 43.6. The molecule has 16 aromatic rings. The normalized spacial score (nSPS) is 11.9. The van der Waals surface area contributed by atoms with Crippen LogP contribution in [0, 0.1) is 0 Å². The lowest BCUT2D eigenvalue weighted by atomic mass is 9.92. The Morgan fingerprint density at radius 1 is 0.330 bits per heavy atom. The number of para-hydroxylation sites is 5. The molecule has 4 nitrogen and oxygen atoms in total. The maximum Gasteiger partial charge on any atom is 0.0541 e. The van der Waals surface area contributed by atoms with E-state index in [1.54, 1.807) is 0 Å². The molecule has 0 aliphatic rings. The van der Waals surface area contributed by atoms with Gasteiger partial charge in [-0.2, -0.15) is 0 Å². The molecule has 16 rings (SSSR count). The largest absolute Gasteiger partial charge is 0.323 e. The maximum atomic E-state index is 4.76. The molecule has 0 unspecified atom stereocenters. The first kappa shape index (κ1) is 51.9. The standard InChI is InChI=1S/C84H58N4/c1-3-4-24-60-55-85(62-25-8-5-9-26-62)56-61(60)42-41-57(2)65-45-50-80(71-34-17-14-31-68(65)71)88(81-51-46-66(69-32-15-18-35-72(69)81)58-43-48-83-76(53-58)74-37-20-22-39-78(74)86(83)63-27-10-6-11-28-63)82-52-47-67(70-33-16-19-36-73(70)82)59-44-49-84-77(54-59)75-38-21-23-40-79(75)87(84)64-29-12-7-13-30-64/h3-56H,1-2H2/b24-4-,42-41-. The zero-order valence-corrected chi connectivity index (χ0v) is 48.4. The summed E-state index contributed by atoms with van der Waals surface area (Å²) in [5.41, 5.74) is 20.2. The van der Waals surface area contributed by atoms with Crippen LogP contribution >= 0.6 is 0 Å². The molecule has 3 aromatic heterocycles. The fourth-order valence-corrected chi connectivity index (χ4v) is 13.6. The molecule has 0 amide bonds. The summed E-state index contributed by atoms with van der Waals surface area (Å²) in [6.07, 6.45) is 14.6. The second kappa shape index (κ2) is 21.7. The molecule has 4 heteroatoms. The number of hydrogen-bond acceptors (Lipinski definition) is 1. The molecule has 0 fully saturated rings. The molecule has 0 aliphatic heterocycles. The lowest BCUT2D eigenvalue weighted by Gasteiger charge is -2.30. The second-order valence-electron chi connectivity index (χ2n) is 22.6. The molecule has 0 radical (unpaired) electrons. The van der Waals surface area contributed by atoms with Crippen molar-refractivity contribution >= 4 is 111 Å². The van der Waals surface area contributed by atoms with Gasteiger partial charge in [-0.05, 0) is 152 Å². The van der Waals surface area contributed by atoms with Crippen LogP contribution in [0.2, 0.25) is 0 Å². The number of anilines is 3. The zero-order valence-electron chi connectivity index (χ0n) is 48.4. The van der Waals surface area contributed by atoms with E-state index in [1.165, 1.54) is 76.6 Å². The minimum absolute atomic E-state index is 0.915. The van der Waals surface area contributed by atoms with Crippen molar-refractivity contribution < 1.29 is 0 Å². The van der Waals surface area contributed by atoms with E-state index in [0.29, 0.717) is 0 Å². The van der Waals surface area contributed by atoms with Crippen LogP contribution in [0.4, 0.5) is 17.1 Å². The van der Waals surface area contributed by atoms with Gasteiger partial charge in [0, 0.05) is 67.2 Å². The highest BCUT2D eigenvalue weighted by molar-refractivity contribution is 6.17. The fourth-order valence-electron chi connectivity index (χ4n) is 13.6. The summed E-state index contributed by atoms with van der Waals surface area (Å²) < 4.78 is 6.94. The summed E-state index contributed by atoms with van der Waals surface area (Å²) in [5, 5.41) is 11.7. The van der Waals surface area contributed by atoms with E-state index in [0.717, 1.165) is 77.9 Å². The minimum Gasteiger partial charge on any atom is -0.323 e. The van der Waals surface area contributed by atoms with Crippen LogP contribution in [0.25, 0.3) is 133 Å². The van der Waals surface area contributed by atoms with Crippen LogP contribution < -0.4 is 4.90 Å². The smallest absolute Gasteiger partial charge is 0.0541 e. The fraction of sp³-hybridized carbons (Fsp3) is 0. The van der Waals surface area contributed by atoms with Gasteiger partial charge in [0.2, 0.25) is 0 Å². The Bertz CT molecular complexity index is 5240. The molecular weight excluding hydrogens is 1060 g/mol. The Labute approximate surface area is 511 Å². The Kier molecular flexibility index (Phi) is 12.8. The Morgan fingerprint density at radius 2 is 0.716 bits per heavy atom. The van der Waals surface area contributed by atoms with Gasteiger partial charge >= 0.3 is 0 Å². The van der Waals surface area contributed by atoms with Crippen molar-refractivity contribution in [2.24, 2.45) is 0 Å². The zero-order chi connectivity index (χ0) is 58.7. The SMILES string of the molecule is C=C/C=C\c1cn(-c2ccccc2)cc1/C=C\C(=C)c1ccc(N(c2ccc(-c3ccc4c(c3)c3ccccc3n4-c3ccccc3)c3ccccc23)c2ccc(-c3ccc4c(c3)c3ccccc3n4-c3ccccc3)c3ccccc23)c2ccccc12. The van der Waals surface area contributed by atoms with Gasteiger partial charge < -0.3 is 18.6 Å². The maximum absolute atomic E-state index is 4.76. The molecule has 0 spiro atoms. The van der Waals surface area contributed by atoms with Gasteiger partial charge in [0.1, 0.15) is 0 Å². The summed E-state index contributed by atoms with van der Waals surface area (Å²) in [4.78, 5) is 2.51. The molecule has 0 saturated carbocycles. The van der Waals surface area contributed by atoms with E-state index < -0.39 is 0 Å². The quantitative estimate of drug-likeness (QED) is 0.105. The number of hydrogen-bond donors (Lipinski definition) is 0. The lowest BCUT2D eigenvalue weighted by molar-refractivity contribution is 1.08. The number of fused-ring (bicyclic) bond motifs is 9. The van der Waals surface area contributed by atoms with Crippen molar-refractivity contribution in [3.8, 4) is 39.3 Å². The molecule has 88 heavy (non-hydrogen) atoms. The molecule has 414 valence electrons. The van der Waals surface area contributed by atoms with Crippen LogP contribution in [0.1, 0.15) is 16.7 Å². The molecule has 0 aliphatic carbocycles. The number of nitrogens with zero attached hydrogens (tertiary/aromatic N) is 4. The van der Waals surface area contributed by atoms with E-state index in [1.807, 2.05) is 18.2 Å². The first-order valence-electron chi connectivity index (χ1n) is 30.0. The summed E-state index contributed by atoms with van der Waals surface area (Å²) in [6.45, 7) is 8.71. The molecule has 3 heterocycles. The predicted molar refractivity (Wildman–Crippen MR) is 376 cm³/mol. The average molecular weight is 1120 g/mol. The molecule has 0 saturated heterocycles. The van der Waals surface area contributed by atoms with Crippen LogP contribution in [0.15, 0.2) is 329 Å². The summed E-state index contributed by atoms with van der Waals surface area (Å²) in [7, 11) is 0. The number of benzene rings is 13. The second-order valence-corrected chi connectivity index (χ2v) is 22.6. The third-order valence-electron chi connectivity index (χ3n) is 17.6. The van der Waals surface area contributed by atoms with Gasteiger partial charge in [0.15, 0.2) is 0 Å². The monoisotopic (exact) mass is 1120 g/mol. The third-order valence-corrected chi connectivity index (χ3v) is 17.6. The van der Waals surface area contributed by atoms with Crippen LogP contribution in [-0.4, -0.2) is 13.7 Å². The van der Waals surface area contributed by atoms with Crippen molar-refractivity contribution in [2.45, 2.75) is 0 Å². The van der Waals surface area contributed by atoms with Crippen molar-refractivity contribution in [3.05, 3.63) is 346 Å². The first-order valence-corrected chi connectivity index (χ1v) is 30.0. The highest BCUT2D eigenvalue weighted by atomic mass is 15.1. The topological polar surface area (TPSA) is 18.0 Å². The van der Waals surface area contributed by atoms with E-state index in [2.05, 4.69) is 335 Å². The molecule has 0 bridgehead atoms. The number of allylic oxidation sites excluding steroid dienone is 4. The van der Waals surface area contributed by atoms with Crippen molar-refractivity contribution in [3.63, 3.8) is 0 Å². The van der Waals surface area contributed by atoms with Gasteiger partial charge in [0.05, 0.1) is 39.1 Å².